The summed E-state index contributed by atoms with van der Waals surface area (Å²) in [5, 5.41) is 3.73. The summed E-state index contributed by atoms with van der Waals surface area (Å²) in [4.78, 5) is 0.315. The predicted octanol–water partition coefficient (Wildman–Crippen LogP) is 1.71. The first-order valence-corrected chi connectivity index (χ1v) is 7.79. The Labute approximate surface area is 113 Å². The van der Waals surface area contributed by atoms with E-state index in [0.29, 0.717) is 29.0 Å². The van der Waals surface area contributed by atoms with Crippen LogP contribution in [0.3, 0.4) is 0 Å². The largest absolute Gasteiger partial charge is 0.317 e. The summed E-state index contributed by atoms with van der Waals surface area (Å²) in [5.74, 6) is 0. The number of nitrogens with zero attached hydrogens (tertiary/aromatic N) is 1. The molecule has 1 aliphatic rings. The predicted molar refractivity (Wildman–Crippen MR) is 72.3 cm³/mol. The molecule has 18 heavy (non-hydrogen) atoms. The van der Waals surface area contributed by atoms with Crippen LogP contribution in [0.4, 0.5) is 0 Å². The van der Waals surface area contributed by atoms with Gasteiger partial charge in [-0.3, -0.25) is 0 Å². The first-order valence-electron chi connectivity index (χ1n) is 5.97. The highest BCUT2D eigenvalue weighted by Gasteiger charge is 2.28. The lowest BCUT2D eigenvalue weighted by molar-refractivity contribution is 0.298. The van der Waals surface area contributed by atoms with Crippen LogP contribution in [0.2, 0.25) is 5.02 Å². The normalized spacial score (nSPS) is 19.0. The summed E-state index contributed by atoms with van der Waals surface area (Å²) in [6, 6.07) is 6.74. The second-order valence-electron chi connectivity index (χ2n) is 4.42. The third kappa shape index (κ3) is 2.85. The maximum Gasteiger partial charge on any atom is 0.243 e. The third-order valence-electron chi connectivity index (χ3n) is 3.31. The number of hydrogen-bond acceptors (Lipinski definition) is 3. The van der Waals surface area contributed by atoms with Crippen molar-refractivity contribution in [1.29, 1.82) is 0 Å². The Bertz CT molecular complexity index is 493. The Kier molecular flexibility index (Phi) is 4.27. The number of hydrogen-bond donors (Lipinski definition) is 1. The first-order chi connectivity index (χ1) is 8.54. The van der Waals surface area contributed by atoms with E-state index in [-0.39, 0.29) is 0 Å². The maximum absolute atomic E-state index is 12.4. The molecule has 100 valence electrons. The van der Waals surface area contributed by atoms with E-state index in [9.17, 15) is 8.42 Å². The fourth-order valence-electron chi connectivity index (χ4n) is 2.14. The van der Waals surface area contributed by atoms with Gasteiger partial charge in [-0.05, 0) is 44.2 Å². The maximum atomic E-state index is 12.4. The molecule has 1 saturated heterocycles. The van der Waals surface area contributed by atoms with Gasteiger partial charge in [-0.15, -0.1) is 0 Å². The Balaban J connectivity index is 2.15. The van der Waals surface area contributed by atoms with Crippen molar-refractivity contribution in [2.75, 3.05) is 20.1 Å². The topological polar surface area (TPSA) is 49.4 Å². The summed E-state index contributed by atoms with van der Waals surface area (Å²) in [5.41, 5.74) is 0. The highest BCUT2D eigenvalue weighted by molar-refractivity contribution is 7.89. The monoisotopic (exact) mass is 288 g/mol. The van der Waals surface area contributed by atoms with Gasteiger partial charge in [-0.1, -0.05) is 11.6 Å². The van der Waals surface area contributed by atoms with Gasteiger partial charge in [0.25, 0.3) is 0 Å². The van der Waals surface area contributed by atoms with Crippen LogP contribution in [-0.2, 0) is 10.0 Å². The number of sulfonamides is 1. The Morgan fingerprint density at radius 1 is 1.22 bits per heavy atom. The van der Waals surface area contributed by atoms with Gasteiger partial charge in [0.2, 0.25) is 10.0 Å². The molecule has 0 atom stereocenters. The van der Waals surface area contributed by atoms with Gasteiger partial charge in [-0.2, -0.15) is 4.31 Å². The number of halogens is 1. The molecule has 1 fully saturated rings. The lowest BCUT2D eigenvalue weighted by atomic mass is 10.1. The summed E-state index contributed by atoms with van der Waals surface area (Å²) in [6.07, 6.45) is 1.70. The van der Waals surface area contributed by atoms with Crippen LogP contribution in [0.1, 0.15) is 12.8 Å². The average Bonchev–Trinajstić information content (AvgIpc) is 2.39. The van der Waals surface area contributed by atoms with Gasteiger partial charge >= 0.3 is 0 Å². The molecule has 1 N–H and O–H groups in total. The van der Waals surface area contributed by atoms with E-state index < -0.39 is 10.0 Å². The van der Waals surface area contributed by atoms with Crippen LogP contribution >= 0.6 is 11.6 Å². The zero-order valence-electron chi connectivity index (χ0n) is 10.3. The van der Waals surface area contributed by atoms with Gasteiger partial charge in [0.05, 0.1) is 4.90 Å². The fraction of sp³-hybridized carbons (Fsp3) is 0.500. The number of piperidine rings is 1. The highest BCUT2D eigenvalue weighted by atomic mass is 35.5. The van der Waals surface area contributed by atoms with Crippen LogP contribution in [-0.4, -0.2) is 38.9 Å². The quantitative estimate of drug-likeness (QED) is 0.921. The van der Waals surface area contributed by atoms with E-state index in [1.54, 1.807) is 28.6 Å². The first kappa shape index (κ1) is 13.8. The van der Waals surface area contributed by atoms with E-state index in [0.717, 1.165) is 12.8 Å². The van der Waals surface area contributed by atoms with Crippen LogP contribution in [0.5, 0.6) is 0 Å². The molecule has 0 aromatic heterocycles. The van der Waals surface area contributed by atoms with Crippen LogP contribution in [0.15, 0.2) is 29.2 Å². The minimum atomic E-state index is -3.36. The smallest absolute Gasteiger partial charge is 0.243 e. The lowest BCUT2D eigenvalue weighted by Crippen LogP contribution is -2.43. The van der Waals surface area contributed by atoms with Crippen molar-refractivity contribution in [1.82, 2.24) is 9.62 Å². The Morgan fingerprint density at radius 3 is 2.28 bits per heavy atom. The van der Waals surface area contributed by atoms with Gasteiger partial charge < -0.3 is 5.32 Å². The minimum Gasteiger partial charge on any atom is -0.317 e. The zero-order valence-corrected chi connectivity index (χ0v) is 11.8. The molecule has 0 saturated carbocycles. The number of nitrogens with one attached hydrogen (secondary N) is 1. The van der Waals surface area contributed by atoms with E-state index in [1.165, 1.54) is 0 Å². The van der Waals surface area contributed by atoms with Gasteiger partial charge in [0.15, 0.2) is 0 Å². The number of rotatable bonds is 3. The zero-order chi connectivity index (χ0) is 13.2. The highest BCUT2D eigenvalue weighted by Crippen LogP contribution is 2.22. The minimum absolute atomic E-state index is 0.315. The molecule has 1 aliphatic heterocycles. The van der Waals surface area contributed by atoms with Crippen molar-refractivity contribution in [2.45, 2.75) is 23.8 Å². The second kappa shape index (κ2) is 5.57. The summed E-state index contributed by atoms with van der Waals surface area (Å²) in [6.45, 7) is 1.13. The number of benzene rings is 1. The third-order valence-corrected chi connectivity index (χ3v) is 5.48. The molecular formula is C12H17ClN2O2S. The summed E-state index contributed by atoms with van der Waals surface area (Å²) >= 11 is 5.77. The van der Waals surface area contributed by atoms with Crippen molar-refractivity contribution in [2.24, 2.45) is 0 Å². The summed E-state index contributed by atoms with van der Waals surface area (Å²) < 4.78 is 26.3. The summed E-state index contributed by atoms with van der Waals surface area (Å²) in [7, 11) is -1.45. The fourth-order valence-corrected chi connectivity index (χ4v) is 3.74. The molecule has 1 aromatic rings. The van der Waals surface area contributed by atoms with E-state index in [2.05, 4.69) is 5.32 Å². The molecule has 1 aromatic carbocycles. The molecule has 0 amide bonds. The van der Waals surface area contributed by atoms with Crippen molar-refractivity contribution >= 4 is 21.6 Å². The van der Waals surface area contributed by atoms with Crippen LogP contribution in [0.25, 0.3) is 0 Å². The lowest BCUT2D eigenvalue weighted by Gasteiger charge is -2.30. The van der Waals surface area contributed by atoms with Crippen molar-refractivity contribution in [3.8, 4) is 0 Å². The van der Waals surface area contributed by atoms with Crippen molar-refractivity contribution < 1.29 is 8.42 Å². The van der Waals surface area contributed by atoms with Crippen molar-refractivity contribution in [3.05, 3.63) is 29.3 Å². The van der Waals surface area contributed by atoms with Gasteiger partial charge in [0.1, 0.15) is 0 Å². The van der Waals surface area contributed by atoms with Crippen molar-refractivity contribution in [3.63, 3.8) is 0 Å². The van der Waals surface area contributed by atoms with Crippen LogP contribution < -0.4 is 5.32 Å². The van der Waals surface area contributed by atoms with Crippen LogP contribution in [0, 0.1) is 0 Å². The molecule has 1 heterocycles. The standard InChI is InChI=1S/C12H17ClN2O2S/c1-14-11-6-8-15(9-7-11)18(16,17)12-4-2-10(13)3-5-12/h2-5,11,14H,6-9H2,1H3. The molecule has 0 bridgehead atoms. The van der Waals surface area contributed by atoms with Gasteiger partial charge in [0, 0.05) is 24.2 Å². The molecule has 6 heteroatoms. The molecule has 0 spiro atoms. The second-order valence-corrected chi connectivity index (χ2v) is 6.80. The van der Waals surface area contributed by atoms with E-state index in [4.69, 9.17) is 11.6 Å². The molecule has 2 rings (SSSR count). The van der Waals surface area contributed by atoms with Gasteiger partial charge in [-0.25, -0.2) is 8.42 Å². The molecular weight excluding hydrogens is 272 g/mol. The molecule has 0 unspecified atom stereocenters. The van der Waals surface area contributed by atoms with E-state index >= 15 is 0 Å². The SMILES string of the molecule is CNC1CCN(S(=O)(=O)c2ccc(Cl)cc2)CC1. The Hall–Kier alpha value is -0.620. The van der Waals surface area contributed by atoms with E-state index in [1.807, 2.05) is 7.05 Å². The molecule has 0 aliphatic carbocycles. The molecule has 4 nitrogen and oxygen atoms in total. The molecule has 0 radical (unpaired) electrons. The average molecular weight is 289 g/mol. The Morgan fingerprint density at radius 2 is 1.78 bits per heavy atom.